The zero-order valence-corrected chi connectivity index (χ0v) is 15.9. The number of benzene rings is 3. The van der Waals surface area contributed by atoms with Crippen LogP contribution in [0, 0.1) is 19.7 Å². The molecule has 0 aliphatic heterocycles. The van der Waals surface area contributed by atoms with Crippen LogP contribution in [-0.4, -0.2) is 26.5 Å². The quantitative estimate of drug-likeness (QED) is 0.538. The molecule has 7 heteroatoms. The predicted molar refractivity (Wildman–Crippen MR) is 109 cm³/mol. The second-order valence-corrected chi connectivity index (χ2v) is 6.74. The van der Waals surface area contributed by atoms with Gasteiger partial charge in [-0.25, -0.2) is 9.49 Å². The van der Waals surface area contributed by atoms with Crippen LogP contribution in [-0.2, 0) is 0 Å². The smallest absolute Gasteiger partial charge is 0.258 e. The van der Waals surface area contributed by atoms with E-state index in [0.717, 1.165) is 22.3 Å². The third-order valence-electron chi connectivity index (χ3n) is 4.76. The van der Waals surface area contributed by atoms with Gasteiger partial charge in [-0.3, -0.25) is 4.79 Å². The number of rotatable bonds is 4. The summed E-state index contributed by atoms with van der Waals surface area (Å²) in [5.74, 6) is -0.409. The van der Waals surface area contributed by atoms with Crippen LogP contribution in [0.3, 0.4) is 0 Å². The molecule has 0 bridgehead atoms. The van der Waals surface area contributed by atoms with Gasteiger partial charge in [-0.05, 0) is 70.8 Å². The summed E-state index contributed by atoms with van der Waals surface area (Å²) in [5, 5.41) is 16.7. The molecule has 6 nitrogen and oxygen atoms in total. The molecule has 144 valence electrons. The monoisotopic (exact) mass is 387 g/mol. The first-order chi connectivity index (χ1) is 14.0. The number of aromatic amines is 1. The van der Waals surface area contributed by atoms with Crippen molar-refractivity contribution >= 4 is 11.6 Å². The van der Waals surface area contributed by atoms with Crippen LogP contribution >= 0.6 is 0 Å². The highest BCUT2D eigenvalue weighted by atomic mass is 19.1. The summed E-state index contributed by atoms with van der Waals surface area (Å²) in [5.41, 5.74) is 5.23. The minimum absolute atomic E-state index is 0.0563. The molecule has 4 aromatic rings. The Balaban J connectivity index is 1.59. The molecule has 1 amide bonds. The lowest BCUT2D eigenvalue weighted by atomic mass is 9.97. The minimum Gasteiger partial charge on any atom is -0.322 e. The third-order valence-corrected chi connectivity index (χ3v) is 4.76. The maximum Gasteiger partial charge on any atom is 0.258 e. The zero-order chi connectivity index (χ0) is 20.4. The molecule has 0 spiro atoms. The molecule has 3 aromatic carbocycles. The Labute approximate surface area is 166 Å². The molecule has 4 rings (SSSR count). The molecule has 0 saturated heterocycles. The largest absolute Gasteiger partial charge is 0.322 e. The van der Waals surface area contributed by atoms with Gasteiger partial charge in [0.1, 0.15) is 5.82 Å². The van der Waals surface area contributed by atoms with Crippen molar-refractivity contribution in [3.05, 3.63) is 83.2 Å². The lowest BCUT2D eigenvalue weighted by Crippen LogP contribution is -2.15. The maximum absolute atomic E-state index is 14.0. The number of carbonyl (C=O) groups excluding carboxylic acids is 1. The molecule has 0 aliphatic rings. The fourth-order valence-electron chi connectivity index (χ4n) is 3.21. The lowest BCUT2D eigenvalue weighted by molar-refractivity contribution is 0.102. The highest BCUT2D eigenvalue weighted by Crippen LogP contribution is 2.29. The highest BCUT2D eigenvalue weighted by molar-refractivity contribution is 6.05. The Kier molecular flexibility index (Phi) is 4.87. The number of hydrogen-bond donors (Lipinski definition) is 2. The van der Waals surface area contributed by atoms with Crippen LogP contribution < -0.4 is 5.32 Å². The summed E-state index contributed by atoms with van der Waals surface area (Å²) in [6, 6.07) is 18.0. The molecule has 0 aliphatic carbocycles. The van der Waals surface area contributed by atoms with Crippen LogP contribution in [0.2, 0.25) is 0 Å². The van der Waals surface area contributed by atoms with Crippen molar-refractivity contribution < 1.29 is 9.18 Å². The number of H-pyrrole nitrogens is 1. The number of amides is 1. The van der Waals surface area contributed by atoms with E-state index < -0.39 is 11.7 Å². The predicted octanol–water partition coefficient (Wildman–Crippen LogP) is 4.54. The van der Waals surface area contributed by atoms with Crippen LogP contribution in [0.15, 0.2) is 60.7 Å². The summed E-state index contributed by atoms with van der Waals surface area (Å²) in [6.45, 7) is 3.73. The summed E-state index contributed by atoms with van der Waals surface area (Å²) >= 11 is 0. The third kappa shape index (κ3) is 3.75. The van der Waals surface area contributed by atoms with Crippen molar-refractivity contribution in [2.45, 2.75) is 13.8 Å². The minimum atomic E-state index is -0.534. The Bertz CT molecular complexity index is 1150. The Morgan fingerprint density at radius 2 is 1.72 bits per heavy atom. The van der Waals surface area contributed by atoms with E-state index in [1.165, 1.54) is 6.07 Å². The standard InChI is InChI=1S/C22H18FN5O/c1-13-6-7-16(21-25-27-28-26-21)12-18(13)15-8-10-17(11-9-15)24-22(29)20-14(2)4-3-5-19(20)23/h3-12H,1-2H3,(H,24,29)(H,25,26,27,28). The van der Waals surface area contributed by atoms with E-state index in [1.807, 2.05) is 37.3 Å². The van der Waals surface area contributed by atoms with E-state index in [4.69, 9.17) is 0 Å². The van der Waals surface area contributed by atoms with Crippen LogP contribution in [0.25, 0.3) is 22.5 Å². The van der Waals surface area contributed by atoms with Gasteiger partial charge in [0.25, 0.3) is 5.91 Å². The topological polar surface area (TPSA) is 83.6 Å². The van der Waals surface area contributed by atoms with Crippen LogP contribution in [0.5, 0.6) is 0 Å². The second kappa shape index (κ2) is 7.63. The van der Waals surface area contributed by atoms with Crippen LogP contribution in [0.4, 0.5) is 10.1 Å². The fraction of sp³-hybridized carbons (Fsp3) is 0.0909. The number of halogens is 1. The molecular formula is C22H18FN5O. The maximum atomic E-state index is 14.0. The van der Waals surface area contributed by atoms with Crippen molar-refractivity contribution in [3.8, 4) is 22.5 Å². The number of aryl methyl sites for hydroxylation is 2. The number of aromatic nitrogens is 4. The summed E-state index contributed by atoms with van der Waals surface area (Å²) < 4.78 is 14.0. The van der Waals surface area contributed by atoms with E-state index >= 15 is 0 Å². The van der Waals surface area contributed by atoms with Crippen molar-refractivity contribution in [1.29, 1.82) is 0 Å². The summed E-state index contributed by atoms with van der Waals surface area (Å²) in [7, 11) is 0. The van der Waals surface area contributed by atoms with Gasteiger partial charge in [0.2, 0.25) is 0 Å². The Morgan fingerprint density at radius 3 is 2.41 bits per heavy atom. The molecule has 1 heterocycles. The second-order valence-electron chi connectivity index (χ2n) is 6.74. The van der Waals surface area contributed by atoms with Gasteiger partial charge in [-0.2, -0.15) is 0 Å². The van der Waals surface area contributed by atoms with Crippen molar-refractivity contribution in [2.24, 2.45) is 0 Å². The molecule has 29 heavy (non-hydrogen) atoms. The SMILES string of the molecule is Cc1ccc(-c2nnn[nH]2)cc1-c1ccc(NC(=O)c2c(C)cccc2F)cc1. The fourth-order valence-corrected chi connectivity index (χ4v) is 3.21. The number of anilines is 1. The van der Waals surface area contributed by atoms with E-state index in [2.05, 4.69) is 25.9 Å². The summed E-state index contributed by atoms with van der Waals surface area (Å²) in [6.07, 6.45) is 0. The van der Waals surface area contributed by atoms with Crippen LogP contribution in [0.1, 0.15) is 21.5 Å². The summed E-state index contributed by atoms with van der Waals surface area (Å²) in [4.78, 5) is 12.5. The molecule has 0 unspecified atom stereocenters. The number of tetrazole rings is 1. The average Bonchev–Trinajstić information content (AvgIpc) is 3.24. The van der Waals surface area contributed by atoms with Gasteiger partial charge in [-0.1, -0.05) is 36.4 Å². The van der Waals surface area contributed by atoms with Gasteiger partial charge in [0.05, 0.1) is 5.56 Å². The molecule has 2 N–H and O–H groups in total. The number of nitrogens with one attached hydrogen (secondary N) is 2. The first-order valence-electron chi connectivity index (χ1n) is 9.04. The average molecular weight is 387 g/mol. The van der Waals surface area contributed by atoms with Gasteiger partial charge in [0, 0.05) is 11.3 Å². The first kappa shape index (κ1) is 18.5. The van der Waals surface area contributed by atoms with Crippen molar-refractivity contribution in [2.75, 3.05) is 5.32 Å². The number of nitrogens with zero attached hydrogens (tertiary/aromatic N) is 3. The van der Waals surface area contributed by atoms with E-state index in [9.17, 15) is 9.18 Å². The van der Waals surface area contributed by atoms with E-state index in [-0.39, 0.29) is 5.56 Å². The van der Waals surface area contributed by atoms with Gasteiger partial charge >= 0.3 is 0 Å². The Morgan fingerprint density at radius 1 is 0.966 bits per heavy atom. The molecule has 1 aromatic heterocycles. The molecule has 0 radical (unpaired) electrons. The molecule has 0 saturated carbocycles. The Hall–Kier alpha value is -3.87. The van der Waals surface area contributed by atoms with Crippen molar-refractivity contribution in [3.63, 3.8) is 0 Å². The first-order valence-corrected chi connectivity index (χ1v) is 9.04. The zero-order valence-electron chi connectivity index (χ0n) is 15.9. The molecular weight excluding hydrogens is 369 g/mol. The molecule has 0 atom stereocenters. The number of carbonyl (C=O) groups is 1. The van der Waals surface area contributed by atoms with E-state index in [0.29, 0.717) is 17.1 Å². The highest BCUT2D eigenvalue weighted by Gasteiger charge is 2.15. The van der Waals surface area contributed by atoms with Gasteiger partial charge in [0.15, 0.2) is 5.82 Å². The number of hydrogen-bond acceptors (Lipinski definition) is 4. The van der Waals surface area contributed by atoms with Gasteiger partial charge in [-0.15, -0.1) is 5.10 Å². The van der Waals surface area contributed by atoms with Gasteiger partial charge < -0.3 is 5.32 Å². The lowest BCUT2D eigenvalue weighted by Gasteiger charge is -2.11. The van der Waals surface area contributed by atoms with E-state index in [1.54, 1.807) is 31.2 Å². The normalized spacial score (nSPS) is 10.7. The molecule has 0 fully saturated rings. The van der Waals surface area contributed by atoms with Crippen molar-refractivity contribution in [1.82, 2.24) is 20.6 Å².